The van der Waals surface area contributed by atoms with Gasteiger partial charge in [0.05, 0.1) is 0 Å². The molecule has 1 atom stereocenters. The summed E-state index contributed by atoms with van der Waals surface area (Å²) in [7, 11) is 0. The van der Waals surface area contributed by atoms with Crippen molar-refractivity contribution < 1.29 is 13.2 Å². The van der Waals surface area contributed by atoms with Gasteiger partial charge in [-0.25, -0.2) is 4.98 Å². The molecule has 94 valence electrons. The predicted octanol–water partition coefficient (Wildman–Crippen LogP) is 1.81. The van der Waals surface area contributed by atoms with Crippen LogP contribution in [0.1, 0.15) is 6.42 Å². The number of aromatic nitrogens is 1. The van der Waals surface area contributed by atoms with Crippen LogP contribution in [0.5, 0.6) is 0 Å². The van der Waals surface area contributed by atoms with E-state index in [0.717, 1.165) is 0 Å². The van der Waals surface area contributed by atoms with E-state index >= 15 is 0 Å². The Kier molecular flexibility index (Phi) is 3.51. The topological polar surface area (TPSA) is 28.2 Å². The smallest absolute Gasteiger partial charge is 0.344 e. The van der Waals surface area contributed by atoms with Crippen molar-refractivity contribution in [1.82, 2.24) is 10.3 Å². The fraction of sp³-hybridized carbons (Fsp3) is 0.545. The highest BCUT2D eigenvalue weighted by Crippen LogP contribution is 2.28. The van der Waals surface area contributed by atoms with Gasteiger partial charge in [0.25, 0.3) is 0 Å². The maximum Gasteiger partial charge on any atom is 0.410 e. The van der Waals surface area contributed by atoms with Crippen LogP contribution in [0.3, 0.4) is 0 Å². The molecule has 1 aliphatic heterocycles. The average Bonchev–Trinajstić information content (AvgIpc) is 2.54. The highest BCUT2D eigenvalue weighted by Gasteiger charge is 2.44. The van der Waals surface area contributed by atoms with Crippen molar-refractivity contribution in [2.75, 3.05) is 24.5 Å². The zero-order valence-electron chi connectivity index (χ0n) is 9.24. The Hall–Kier alpha value is -1.30. The molecular weight excluding hydrogens is 231 g/mol. The van der Waals surface area contributed by atoms with Crippen molar-refractivity contribution in [2.24, 2.45) is 0 Å². The summed E-state index contributed by atoms with van der Waals surface area (Å²) in [6, 6.07) is 3.51. The number of pyridine rings is 1. The van der Waals surface area contributed by atoms with Crippen molar-refractivity contribution in [3.05, 3.63) is 24.4 Å². The van der Waals surface area contributed by atoms with E-state index in [1.807, 2.05) is 0 Å². The highest BCUT2D eigenvalue weighted by molar-refractivity contribution is 5.40. The maximum absolute atomic E-state index is 12.9. The number of hydrogen-bond donors (Lipinski definition) is 1. The highest BCUT2D eigenvalue weighted by atomic mass is 19.4. The van der Waals surface area contributed by atoms with Gasteiger partial charge >= 0.3 is 6.18 Å². The van der Waals surface area contributed by atoms with Gasteiger partial charge in [0, 0.05) is 19.3 Å². The Morgan fingerprint density at radius 2 is 2.18 bits per heavy atom. The van der Waals surface area contributed by atoms with Crippen LogP contribution in [0.25, 0.3) is 0 Å². The van der Waals surface area contributed by atoms with Gasteiger partial charge in [0.1, 0.15) is 11.9 Å². The fourth-order valence-corrected chi connectivity index (χ4v) is 1.97. The number of nitrogens with one attached hydrogen (secondary N) is 1. The van der Waals surface area contributed by atoms with Crippen molar-refractivity contribution in [3.8, 4) is 0 Å². The minimum Gasteiger partial charge on any atom is -0.344 e. The Bertz CT molecular complexity index is 353. The lowest BCUT2D eigenvalue weighted by molar-refractivity contribution is -0.147. The summed E-state index contributed by atoms with van der Waals surface area (Å²) in [5.74, 6) is 0.388. The minimum atomic E-state index is -4.24. The van der Waals surface area contributed by atoms with Crippen LogP contribution >= 0.6 is 0 Å². The zero-order chi connectivity index (χ0) is 12.3. The van der Waals surface area contributed by atoms with Gasteiger partial charge in [-0.05, 0) is 25.1 Å². The van der Waals surface area contributed by atoms with Gasteiger partial charge in [0.2, 0.25) is 0 Å². The molecule has 1 aromatic rings. The third-order valence-corrected chi connectivity index (χ3v) is 2.79. The second-order valence-electron chi connectivity index (χ2n) is 4.00. The van der Waals surface area contributed by atoms with Gasteiger partial charge in [-0.3, -0.25) is 0 Å². The average molecular weight is 245 g/mol. The van der Waals surface area contributed by atoms with E-state index in [1.165, 1.54) is 11.1 Å². The van der Waals surface area contributed by atoms with E-state index in [4.69, 9.17) is 0 Å². The first kappa shape index (κ1) is 12.2. The molecule has 3 nitrogen and oxygen atoms in total. The lowest BCUT2D eigenvalue weighted by Gasteiger charge is -2.32. The minimum absolute atomic E-state index is 0.0833. The molecule has 2 heterocycles. The number of nitrogens with zero attached hydrogens (tertiary/aromatic N) is 2. The Labute approximate surface area is 97.6 Å². The first-order valence-corrected chi connectivity index (χ1v) is 5.54. The molecule has 6 heteroatoms. The van der Waals surface area contributed by atoms with Crippen molar-refractivity contribution >= 4 is 5.82 Å². The lowest BCUT2D eigenvalue weighted by Crippen LogP contribution is -2.50. The molecule has 1 N–H and O–H groups in total. The molecule has 0 spiro atoms. The molecule has 1 saturated heterocycles. The summed E-state index contributed by atoms with van der Waals surface area (Å²) in [6.45, 7) is 0.893. The van der Waals surface area contributed by atoms with Crippen LogP contribution in [-0.2, 0) is 0 Å². The number of anilines is 1. The summed E-state index contributed by atoms with van der Waals surface area (Å²) < 4.78 is 38.8. The normalized spacial score (nSPS) is 22.3. The summed E-state index contributed by atoms with van der Waals surface area (Å²) in [5.41, 5.74) is 0. The molecule has 1 aliphatic rings. The molecule has 0 saturated carbocycles. The molecule has 2 rings (SSSR count). The Morgan fingerprint density at radius 3 is 2.82 bits per heavy atom. The Balaban J connectivity index is 2.27. The number of halogens is 3. The van der Waals surface area contributed by atoms with Crippen molar-refractivity contribution in [3.63, 3.8) is 0 Å². The lowest BCUT2D eigenvalue weighted by atomic mass is 10.2. The van der Waals surface area contributed by atoms with E-state index in [0.29, 0.717) is 25.3 Å². The van der Waals surface area contributed by atoms with Gasteiger partial charge in [-0.1, -0.05) is 6.07 Å². The summed E-state index contributed by atoms with van der Waals surface area (Å²) in [6.07, 6.45) is -2.04. The SMILES string of the molecule is FC(F)(F)C1CNCCCN1c1ccccn1. The van der Waals surface area contributed by atoms with Gasteiger partial charge < -0.3 is 10.2 Å². The molecule has 1 unspecified atom stereocenters. The van der Waals surface area contributed by atoms with Crippen molar-refractivity contribution in [2.45, 2.75) is 18.6 Å². The van der Waals surface area contributed by atoms with E-state index < -0.39 is 12.2 Å². The van der Waals surface area contributed by atoms with Crippen molar-refractivity contribution in [1.29, 1.82) is 0 Å². The van der Waals surface area contributed by atoms with E-state index in [9.17, 15) is 13.2 Å². The predicted molar refractivity (Wildman–Crippen MR) is 58.9 cm³/mol. The summed E-state index contributed by atoms with van der Waals surface area (Å²) in [4.78, 5) is 5.34. The zero-order valence-corrected chi connectivity index (χ0v) is 9.24. The van der Waals surface area contributed by atoms with Crippen LogP contribution in [0, 0.1) is 0 Å². The van der Waals surface area contributed by atoms with Gasteiger partial charge in [-0.2, -0.15) is 13.2 Å². The molecule has 0 aromatic carbocycles. The van der Waals surface area contributed by atoms with Crippen LogP contribution in [0.15, 0.2) is 24.4 Å². The maximum atomic E-state index is 12.9. The number of hydrogen-bond acceptors (Lipinski definition) is 3. The van der Waals surface area contributed by atoms with Crippen LogP contribution in [-0.4, -0.2) is 36.8 Å². The second kappa shape index (κ2) is 4.91. The van der Waals surface area contributed by atoms with E-state index in [-0.39, 0.29) is 6.54 Å². The monoisotopic (exact) mass is 245 g/mol. The standard InChI is InChI=1S/C11H14F3N3/c12-11(13,14)9-8-15-5-3-7-17(9)10-4-1-2-6-16-10/h1-2,4,6,9,15H,3,5,7-8H2. The quantitative estimate of drug-likeness (QED) is 0.818. The number of rotatable bonds is 1. The van der Waals surface area contributed by atoms with E-state index in [2.05, 4.69) is 10.3 Å². The second-order valence-corrected chi connectivity index (χ2v) is 4.00. The molecule has 1 fully saturated rings. The van der Waals surface area contributed by atoms with Gasteiger partial charge in [0.15, 0.2) is 0 Å². The Morgan fingerprint density at radius 1 is 1.35 bits per heavy atom. The number of alkyl halides is 3. The van der Waals surface area contributed by atoms with Crippen LogP contribution in [0.4, 0.5) is 19.0 Å². The van der Waals surface area contributed by atoms with Crippen LogP contribution < -0.4 is 10.2 Å². The largest absolute Gasteiger partial charge is 0.410 e. The molecule has 1 aromatic heterocycles. The summed E-state index contributed by atoms with van der Waals surface area (Å²) >= 11 is 0. The summed E-state index contributed by atoms with van der Waals surface area (Å²) in [5, 5.41) is 2.81. The first-order chi connectivity index (χ1) is 8.09. The molecule has 0 radical (unpaired) electrons. The molecule has 17 heavy (non-hydrogen) atoms. The van der Waals surface area contributed by atoms with E-state index in [1.54, 1.807) is 18.2 Å². The van der Waals surface area contributed by atoms with Gasteiger partial charge in [-0.15, -0.1) is 0 Å². The third kappa shape index (κ3) is 2.88. The first-order valence-electron chi connectivity index (χ1n) is 5.54. The molecular formula is C11H14F3N3. The van der Waals surface area contributed by atoms with Crippen LogP contribution in [0.2, 0.25) is 0 Å². The molecule has 0 bridgehead atoms. The fourth-order valence-electron chi connectivity index (χ4n) is 1.97. The molecule has 0 amide bonds. The third-order valence-electron chi connectivity index (χ3n) is 2.79. The molecule has 0 aliphatic carbocycles.